The Labute approximate surface area is 173 Å². The van der Waals surface area contributed by atoms with Gasteiger partial charge >= 0.3 is 5.97 Å². The topological polar surface area (TPSA) is 81.5 Å². The number of carbonyl (C=O) groups excluding carboxylic acids is 2. The van der Waals surface area contributed by atoms with Crippen LogP contribution in [0.1, 0.15) is 35.1 Å². The zero-order valence-corrected chi connectivity index (χ0v) is 17.0. The number of likely N-dealkylation sites (N-methyl/N-ethyl adjacent to an activating group) is 1. The number of hydrogen-bond acceptors (Lipinski definition) is 5. The Morgan fingerprint density at radius 3 is 2.73 bits per heavy atom. The number of carbonyl (C=O) groups is 2. The summed E-state index contributed by atoms with van der Waals surface area (Å²) < 4.78 is 7.07. The monoisotopic (exact) mass is 405 g/mol. The third kappa shape index (κ3) is 3.83. The molecule has 1 aliphatic heterocycles. The maximum atomic E-state index is 12.6. The van der Waals surface area contributed by atoms with Crippen LogP contribution in [0.2, 0.25) is 0 Å². The molecule has 2 aromatic carbocycles. The van der Waals surface area contributed by atoms with Gasteiger partial charge in [0, 0.05) is 26.6 Å². The summed E-state index contributed by atoms with van der Waals surface area (Å²) in [5, 5.41) is 0.476. The van der Waals surface area contributed by atoms with Crippen molar-refractivity contribution in [3.05, 3.63) is 75.8 Å². The summed E-state index contributed by atoms with van der Waals surface area (Å²) in [7, 11) is 1.67. The highest BCUT2D eigenvalue weighted by Gasteiger charge is 2.23. The van der Waals surface area contributed by atoms with Crippen molar-refractivity contribution in [3.8, 4) is 0 Å². The maximum absolute atomic E-state index is 12.6. The van der Waals surface area contributed by atoms with Gasteiger partial charge in [0.05, 0.1) is 16.5 Å². The fourth-order valence-corrected chi connectivity index (χ4v) is 3.74. The molecule has 0 aliphatic carbocycles. The van der Waals surface area contributed by atoms with Gasteiger partial charge in [0.25, 0.3) is 11.5 Å². The Kier molecular flexibility index (Phi) is 5.35. The number of aromatic nitrogens is 2. The summed E-state index contributed by atoms with van der Waals surface area (Å²) in [6, 6.07) is 14.3. The lowest BCUT2D eigenvalue weighted by molar-refractivity contribution is -0.139. The Balaban J connectivity index is 1.47. The van der Waals surface area contributed by atoms with E-state index in [0.717, 1.165) is 24.2 Å². The molecule has 0 N–H and O–H groups in total. The smallest absolute Gasteiger partial charge is 0.338 e. The van der Waals surface area contributed by atoms with Crippen LogP contribution in [-0.2, 0) is 29.0 Å². The lowest BCUT2D eigenvalue weighted by atomic mass is 10.1. The van der Waals surface area contributed by atoms with Gasteiger partial charge in [0.15, 0.2) is 6.10 Å². The molecular weight excluding hydrogens is 382 g/mol. The third-order valence-corrected chi connectivity index (χ3v) is 5.32. The quantitative estimate of drug-likeness (QED) is 0.610. The van der Waals surface area contributed by atoms with Gasteiger partial charge in [-0.25, -0.2) is 9.78 Å². The molecule has 7 heteroatoms. The van der Waals surface area contributed by atoms with Gasteiger partial charge in [-0.2, -0.15) is 0 Å². The van der Waals surface area contributed by atoms with E-state index in [9.17, 15) is 14.4 Å². The summed E-state index contributed by atoms with van der Waals surface area (Å²) in [4.78, 5) is 43.8. The number of esters is 1. The third-order valence-electron chi connectivity index (χ3n) is 5.32. The van der Waals surface area contributed by atoms with E-state index in [-0.39, 0.29) is 17.0 Å². The summed E-state index contributed by atoms with van der Waals surface area (Å²) >= 11 is 0. The first-order valence-corrected chi connectivity index (χ1v) is 9.97. The predicted octanol–water partition coefficient (Wildman–Crippen LogP) is 2.55. The molecule has 0 radical (unpaired) electrons. The van der Waals surface area contributed by atoms with Gasteiger partial charge in [-0.15, -0.1) is 0 Å². The molecule has 1 atom stereocenters. The second-order valence-electron chi connectivity index (χ2n) is 7.55. The second kappa shape index (κ2) is 8.10. The number of hydrogen-bond donors (Lipinski definition) is 0. The molecule has 0 saturated carbocycles. The maximum Gasteiger partial charge on any atom is 0.338 e. The molecule has 154 valence electrons. The summed E-state index contributed by atoms with van der Waals surface area (Å²) in [5.41, 5.74) is 1.65. The number of fused-ring (bicyclic) bond motifs is 2. The standard InChI is InChI=1S/C23H23N3O4/c1-15(21(27)25(2)14-16-7-4-3-5-8-16)30-23(29)17-10-11-18-19(13-17)24-20-9-6-12-26(20)22(18)28/h3-5,7-8,10-11,13,15H,6,9,12,14H2,1-2H3. The number of amides is 1. The largest absolute Gasteiger partial charge is 0.449 e. The van der Waals surface area contributed by atoms with E-state index in [2.05, 4.69) is 4.98 Å². The number of nitrogens with zero attached hydrogens (tertiary/aromatic N) is 3. The van der Waals surface area contributed by atoms with Crippen LogP contribution in [0.25, 0.3) is 10.9 Å². The minimum Gasteiger partial charge on any atom is -0.449 e. The van der Waals surface area contributed by atoms with Crippen LogP contribution in [0.5, 0.6) is 0 Å². The Morgan fingerprint density at radius 1 is 1.20 bits per heavy atom. The minimum absolute atomic E-state index is 0.0847. The molecule has 0 bridgehead atoms. The lowest BCUT2D eigenvalue weighted by Gasteiger charge is -2.21. The average Bonchev–Trinajstić information content (AvgIpc) is 3.22. The SMILES string of the molecule is CC(OC(=O)c1ccc2c(=O)n3c(nc2c1)CCC3)C(=O)N(C)Cc1ccccc1. The van der Waals surface area contributed by atoms with Crippen molar-refractivity contribution >= 4 is 22.8 Å². The number of benzene rings is 2. The van der Waals surface area contributed by atoms with Crippen LogP contribution >= 0.6 is 0 Å². The Morgan fingerprint density at radius 2 is 1.97 bits per heavy atom. The summed E-state index contributed by atoms with van der Waals surface area (Å²) in [6.45, 7) is 2.66. The molecule has 0 spiro atoms. The van der Waals surface area contributed by atoms with Crippen molar-refractivity contribution in [2.45, 2.75) is 39.0 Å². The minimum atomic E-state index is -0.930. The molecule has 4 rings (SSSR count). The van der Waals surface area contributed by atoms with Crippen LogP contribution in [0, 0.1) is 0 Å². The molecule has 1 amide bonds. The highest BCUT2D eigenvalue weighted by Crippen LogP contribution is 2.17. The predicted molar refractivity (Wildman–Crippen MR) is 112 cm³/mol. The number of ether oxygens (including phenoxy) is 1. The van der Waals surface area contributed by atoms with E-state index in [4.69, 9.17) is 4.74 Å². The van der Waals surface area contributed by atoms with Gasteiger partial charge in [0.1, 0.15) is 5.82 Å². The summed E-state index contributed by atoms with van der Waals surface area (Å²) in [5.74, 6) is -0.167. The Bertz CT molecular complexity index is 1170. The molecular formula is C23H23N3O4. The van der Waals surface area contributed by atoms with Crippen molar-refractivity contribution in [1.82, 2.24) is 14.5 Å². The number of rotatable bonds is 5. The fourth-order valence-electron chi connectivity index (χ4n) is 3.74. The van der Waals surface area contributed by atoms with E-state index >= 15 is 0 Å². The number of aryl methyl sites for hydroxylation is 1. The molecule has 3 aromatic rings. The first-order valence-electron chi connectivity index (χ1n) is 9.97. The van der Waals surface area contributed by atoms with Gasteiger partial charge < -0.3 is 9.64 Å². The van der Waals surface area contributed by atoms with E-state index < -0.39 is 12.1 Å². The summed E-state index contributed by atoms with van der Waals surface area (Å²) in [6.07, 6.45) is 0.712. The molecule has 1 aromatic heterocycles. The second-order valence-corrected chi connectivity index (χ2v) is 7.55. The molecule has 7 nitrogen and oxygen atoms in total. The highest BCUT2D eigenvalue weighted by molar-refractivity contribution is 5.95. The Hall–Kier alpha value is -3.48. The van der Waals surface area contributed by atoms with E-state index in [1.807, 2.05) is 30.3 Å². The van der Waals surface area contributed by atoms with Gasteiger partial charge in [-0.1, -0.05) is 30.3 Å². The molecule has 0 fully saturated rings. The van der Waals surface area contributed by atoms with E-state index in [1.54, 1.807) is 36.7 Å². The molecule has 1 aliphatic rings. The van der Waals surface area contributed by atoms with Crippen LogP contribution in [0.4, 0.5) is 0 Å². The fraction of sp³-hybridized carbons (Fsp3) is 0.304. The zero-order valence-electron chi connectivity index (χ0n) is 17.0. The lowest BCUT2D eigenvalue weighted by Crippen LogP contribution is -2.37. The molecule has 1 unspecified atom stereocenters. The van der Waals surface area contributed by atoms with Gasteiger partial charge in [0.2, 0.25) is 0 Å². The first-order chi connectivity index (χ1) is 14.4. The van der Waals surface area contributed by atoms with Crippen LogP contribution in [0.15, 0.2) is 53.3 Å². The van der Waals surface area contributed by atoms with E-state index in [0.29, 0.717) is 24.0 Å². The first kappa shape index (κ1) is 19.8. The normalized spacial score (nSPS) is 13.7. The van der Waals surface area contributed by atoms with Crippen molar-refractivity contribution in [2.75, 3.05) is 7.05 Å². The van der Waals surface area contributed by atoms with Gasteiger partial charge in [-0.3, -0.25) is 14.2 Å². The molecule has 0 saturated heterocycles. The van der Waals surface area contributed by atoms with Crippen molar-refractivity contribution in [2.24, 2.45) is 0 Å². The van der Waals surface area contributed by atoms with Gasteiger partial charge in [-0.05, 0) is 37.1 Å². The van der Waals surface area contributed by atoms with Crippen LogP contribution in [0.3, 0.4) is 0 Å². The van der Waals surface area contributed by atoms with Crippen LogP contribution in [-0.4, -0.2) is 39.5 Å². The molecule has 2 heterocycles. The van der Waals surface area contributed by atoms with Crippen molar-refractivity contribution < 1.29 is 14.3 Å². The molecule has 30 heavy (non-hydrogen) atoms. The van der Waals surface area contributed by atoms with Crippen molar-refractivity contribution in [1.29, 1.82) is 0 Å². The van der Waals surface area contributed by atoms with Crippen molar-refractivity contribution in [3.63, 3.8) is 0 Å². The van der Waals surface area contributed by atoms with Crippen LogP contribution < -0.4 is 5.56 Å². The average molecular weight is 405 g/mol. The highest BCUT2D eigenvalue weighted by atomic mass is 16.5. The van der Waals surface area contributed by atoms with E-state index in [1.165, 1.54) is 4.90 Å². The zero-order chi connectivity index (χ0) is 21.3.